The number of nitrogen functional groups attached to an aromatic ring is 1. The molecule has 19 heavy (non-hydrogen) atoms. The van der Waals surface area contributed by atoms with Gasteiger partial charge in [-0.15, -0.1) is 0 Å². The molecule has 0 bridgehead atoms. The number of anilines is 2. The van der Waals surface area contributed by atoms with Gasteiger partial charge in [0.25, 0.3) is 5.91 Å². The maximum absolute atomic E-state index is 13.4. The lowest BCUT2D eigenvalue weighted by molar-refractivity contribution is 0.102. The number of halogens is 2. The molecule has 0 atom stereocenters. The average molecular weight is 264 g/mol. The molecule has 5 nitrogen and oxygen atoms in total. The monoisotopic (exact) mass is 264 g/mol. The Balaban J connectivity index is 2.22. The fourth-order valence-electron chi connectivity index (χ4n) is 1.44. The summed E-state index contributed by atoms with van der Waals surface area (Å²) >= 11 is 0. The SMILES string of the molecule is NNc1cc(C(=O)Nc2cc(F)ccc2F)ccn1. The van der Waals surface area contributed by atoms with Crippen molar-refractivity contribution in [3.8, 4) is 0 Å². The van der Waals surface area contributed by atoms with Crippen LogP contribution in [0.25, 0.3) is 0 Å². The minimum absolute atomic E-state index is 0.214. The number of carbonyl (C=O) groups is 1. The van der Waals surface area contributed by atoms with Crippen molar-refractivity contribution in [1.82, 2.24) is 4.98 Å². The topological polar surface area (TPSA) is 80.0 Å². The molecule has 2 aromatic rings. The first-order chi connectivity index (χ1) is 9.10. The largest absolute Gasteiger partial charge is 0.319 e. The molecule has 2 rings (SSSR count). The van der Waals surface area contributed by atoms with Gasteiger partial charge in [0.15, 0.2) is 0 Å². The number of carbonyl (C=O) groups excluding carboxylic acids is 1. The number of pyridine rings is 1. The van der Waals surface area contributed by atoms with Gasteiger partial charge in [0.1, 0.15) is 17.5 Å². The molecule has 0 aliphatic carbocycles. The number of hydrogen-bond donors (Lipinski definition) is 3. The van der Waals surface area contributed by atoms with Gasteiger partial charge >= 0.3 is 0 Å². The van der Waals surface area contributed by atoms with E-state index in [-0.39, 0.29) is 17.1 Å². The van der Waals surface area contributed by atoms with Crippen LogP contribution in [-0.4, -0.2) is 10.9 Å². The first-order valence-electron chi connectivity index (χ1n) is 5.29. The summed E-state index contributed by atoms with van der Waals surface area (Å²) in [7, 11) is 0. The lowest BCUT2D eigenvalue weighted by Gasteiger charge is -2.07. The van der Waals surface area contributed by atoms with E-state index in [9.17, 15) is 13.6 Å². The number of nitrogens with one attached hydrogen (secondary N) is 2. The third-order valence-electron chi connectivity index (χ3n) is 2.35. The van der Waals surface area contributed by atoms with E-state index in [0.29, 0.717) is 0 Å². The molecule has 0 spiro atoms. The molecule has 0 radical (unpaired) electrons. The van der Waals surface area contributed by atoms with Gasteiger partial charge < -0.3 is 10.7 Å². The van der Waals surface area contributed by atoms with Crippen molar-refractivity contribution in [1.29, 1.82) is 0 Å². The first kappa shape index (κ1) is 12.9. The Bertz CT molecular complexity index is 618. The van der Waals surface area contributed by atoms with E-state index < -0.39 is 17.5 Å². The molecule has 1 aromatic carbocycles. The van der Waals surface area contributed by atoms with Gasteiger partial charge in [-0.1, -0.05) is 0 Å². The highest BCUT2D eigenvalue weighted by molar-refractivity contribution is 6.04. The Labute approximate surface area is 107 Å². The first-order valence-corrected chi connectivity index (χ1v) is 5.29. The summed E-state index contributed by atoms with van der Waals surface area (Å²) in [5, 5.41) is 2.27. The molecular weight excluding hydrogens is 254 g/mol. The van der Waals surface area contributed by atoms with Gasteiger partial charge in [-0.2, -0.15) is 0 Å². The second kappa shape index (κ2) is 5.40. The van der Waals surface area contributed by atoms with E-state index in [4.69, 9.17) is 5.84 Å². The number of amides is 1. The summed E-state index contributed by atoms with van der Waals surface area (Å²) in [6, 6.07) is 5.61. The standard InChI is InChI=1S/C12H10F2N4O/c13-8-1-2-9(14)10(6-8)17-12(19)7-3-4-16-11(5-7)18-15/h1-6H,15H2,(H,16,18)(H,17,19). The van der Waals surface area contributed by atoms with Gasteiger partial charge in [-0.05, 0) is 24.3 Å². The van der Waals surface area contributed by atoms with E-state index in [0.717, 1.165) is 18.2 Å². The van der Waals surface area contributed by atoms with Gasteiger partial charge in [-0.25, -0.2) is 19.6 Å². The summed E-state index contributed by atoms with van der Waals surface area (Å²) in [5.74, 6) is 3.49. The van der Waals surface area contributed by atoms with Crippen LogP contribution >= 0.6 is 0 Å². The van der Waals surface area contributed by atoms with Crippen LogP contribution in [0.5, 0.6) is 0 Å². The number of rotatable bonds is 3. The van der Waals surface area contributed by atoms with Gasteiger partial charge in [-0.3, -0.25) is 4.79 Å². The van der Waals surface area contributed by atoms with E-state index >= 15 is 0 Å². The lowest BCUT2D eigenvalue weighted by Crippen LogP contribution is -2.15. The third-order valence-corrected chi connectivity index (χ3v) is 2.35. The lowest BCUT2D eigenvalue weighted by atomic mass is 10.2. The normalized spacial score (nSPS) is 10.1. The van der Waals surface area contributed by atoms with Crippen molar-refractivity contribution < 1.29 is 13.6 Å². The average Bonchev–Trinajstić information content (AvgIpc) is 2.43. The molecular formula is C12H10F2N4O. The second-order valence-corrected chi connectivity index (χ2v) is 3.65. The number of hydrogen-bond acceptors (Lipinski definition) is 4. The highest BCUT2D eigenvalue weighted by atomic mass is 19.1. The van der Waals surface area contributed by atoms with Crippen molar-refractivity contribution in [2.24, 2.45) is 5.84 Å². The maximum Gasteiger partial charge on any atom is 0.255 e. The summed E-state index contributed by atoms with van der Waals surface area (Å²) in [6.45, 7) is 0. The van der Waals surface area contributed by atoms with E-state index in [1.54, 1.807) is 0 Å². The molecule has 7 heteroatoms. The quantitative estimate of drug-likeness (QED) is 0.584. The molecule has 0 saturated carbocycles. The second-order valence-electron chi connectivity index (χ2n) is 3.65. The van der Waals surface area contributed by atoms with Crippen LogP contribution in [-0.2, 0) is 0 Å². The molecule has 0 fully saturated rings. The maximum atomic E-state index is 13.4. The van der Waals surface area contributed by atoms with Crippen LogP contribution in [0, 0.1) is 11.6 Å². The Morgan fingerprint density at radius 1 is 1.21 bits per heavy atom. The van der Waals surface area contributed by atoms with E-state index in [2.05, 4.69) is 15.7 Å². The Kier molecular flexibility index (Phi) is 3.67. The summed E-state index contributed by atoms with van der Waals surface area (Å²) in [5.41, 5.74) is 2.26. The molecule has 0 unspecified atom stereocenters. The zero-order valence-corrected chi connectivity index (χ0v) is 9.65. The molecule has 1 amide bonds. The molecule has 0 aliphatic rings. The van der Waals surface area contributed by atoms with Crippen LogP contribution in [0.4, 0.5) is 20.3 Å². The summed E-state index contributed by atoms with van der Waals surface area (Å²) in [6.07, 6.45) is 1.37. The van der Waals surface area contributed by atoms with Crippen LogP contribution in [0.3, 0.4) is 0 Å². The zero-order valence-electron chi connectivity index (χ0n) is 9.65. The predicted octanol–water partition coefficient (Wildman–Crippen LogP) is 1.90. The van der Waals surface area contributed by atoms with Crippen molar-refractivity contribution in [2.75, 3.05) is 10.7 Å². The van der Waals surface area contributed by atoms with Crippen molar-refractivity contribution in [3.63, 3.8) is 0 Å². The Hall–Kier alpha value is -2.54. The van der Waals surface area contributed by atoms with E-state index in [1.807, 2.05) is 0 Å². The summed E-state index contributed by atoms with van der Waals surface area (Å²) in [4.78, 5) is 15.7. The fourth-order valence-corrected chi connectivity index (χ4v) is 1.44. The minimum atomic E-state index is -0.721. The smallest absolute Gasteiger partial charge is 0.255 e. The van der Waals surface area contributed by atoms with Crippen molar-refractivity contribution >= 4 is 17.4 Å². The zero-order chi connectivity index (χ0) is 13.8. The van der Waals surface area contributed by atoms with Crippen LogP contribution in [0.2, 0.25) is 0 Å². The molecule has 98 valence electrons. The van der Waals surface area contributed by atoms with E-state index in [1.165, 1.54) is 18.3 Å². The van der Waals surface area contributed by atoms with Crippen LogP contribution < -0.4 is 16.6 Å². The number of hydrazine groups is 1. The van der Waals surface area contributed by atoms with Gasteiger partial charge in [0.05, 0.1) is 5.69 Å². The fraction of sp³-hybridized carbons (Fsp3) is 0. The predicted molar refractivity (Wildman–Crippen MR) is 66.4 cm³/mol. The molecule has 1 heterocycles. The van der Waals surface area contributed by atoms with Gasteiger partial charge in [0.2, 0.25) is 0 Å². The number of aromatic nitrogens is 1. The molecule has 0 saturated heterocycles. The highest BCUT2D eigenvalue weighted by Gasteiger charge is 2.10. The molecule has 4 N–H and O–H groups in total. The van der Waals surface area contributed by atoms with Crippen molar-refractivity contribution in [2.45, 2.75) is 0 Å². The number of benzene rings is 1. The summed E-state index contributed by atoms with van der Waals surface area (Å²) < 4.78 is 26.3. The number of nitrogens with zero attached hydrogens (tertiary/aromatic N) is 1. The Morgan fingerprint density at radius 2 is 2.00 bits per heavy atom. The van der Waals surface area contributed by atoms with Crippen molar-refractivity contribution in [3.05, 3.63) is 53.7 Å². The molecule has 1 aromatic heterocycles. The third kappa shape index (κ3) is 3.02. The number of nitrogens with two attached hydrogens (primary N) is 1. The van der Waals surface area contributed by atoms with Crippen LogP contribution in [0.1, 0.15) is 10.4 Å². The van der Waals surface area contributed by atoms with Gasteiger partial charge in [0, 0.05) is 17.8 Å². The minimum Gasteiger partial charge on any atom is -0.319 e. The van der Waals surface area contributed by atoms with Crippen LogP contribution in [0.15, 0.2) is 36.5 Å². The Morgan fingerprint density at radius 3 is 2.74 bits per heavy atom. The highest BCUT2D eigenvalue weighted by Crippen LogP contribution is 2.16. The molecule has 0 aliphatic heterocycles.